The second kappa shape index (κ2) is 8.41. The molecule has 1 atom stereocenters. The topological polar surface area (TPSA) is 80.6 Å². The van der Waals surface area contributed by atoms with Crippen LogP contribution in [0.15, 0.2) is 60.8 Å². The number of amides is 2. The number of hydrogen-bond donors (Lipinski definition) is 1. The van der Waals surface area contributed by atoms with E-state index in [0.717, 1.165) is 10.9 Å². The summed E-state index contributed by atoms with van der Waals surface area (Å²) in [6, 6.07) is 16.9. The molecular formula is C23H23N3O4. The zero-order valence-corrected chi connectivity index (χ0v) is 16.7. The predicted octanol–water partition coefficient (Wildman–Crippen LogP) is 2.60. The summed E-state index contributed by atoms with van der Waals surface area (Å²) in [6.45, 7) is 1.36. The van der Waals surface area contributed by atoms with Gasteiger partial charge in [0.05, 0.1) is 24.3 Å². The minimum Gasteiger partial charge on any atom is -0.465 e. The van der Waals surface area contributed by atoms with Crippen molar-refractivity contribution in [3.05, 3.63) is 66.4 Å². The number of benzene rings is 2. The summed E-state index contributed by atoms with van der Waals surface area (Å²) in [5.74, 6) is -1.30. The molecule has 1 saturated heterocycles. The number of esters is 1. The summed E-state index contributed by atoms with van der Waals surface area (Å²) < 4.78 is 6.90. The molecule has 0 radical (unpaired) electrons. The minimum atomic E-state index is -0.509. The van der Waals surface area contributed by atoms with E-state index in [1.54, 1.807) is 24.3 Å². The highest BCUT2D eigenvalue weighted by molar-refractivity contribution is 6.05. The van der Waals surface area contributed by atoms with Crippen LogP contribution < -0.4 is 10.2 Å². The van der Waals surface area contributed by atoms with Crippen molar-refractivity contribution in [2.75, 3.05) is 25.1 Å². The molecule has 1 aromatic heterocycles. The predicted molar refractivity (Wildman–Crippen MR) is 113 cm³/mol. The fourth-order valence-electron chi connectivity index (χ4n) is 3.89. The Balaban J connectivity index is 1.38. The Labute approximate surface area is 174 Å². The standard InChI is InChI=1S/C23H23N3O4/c1-30-23(29)18-7-3-5-9-20(18)26-15-17(14-21(26)27)22(28)24-11-13-25-12-10-16-6-2-4-8-19(16)25/h2-10,12,17H,11,13-15H2,1H3,(H,24,28). The molecule has 4 rings (SSSR count). The number of nitrogens with zero attached hydrogens (tertiary/aromatic N) is 2. The van der Waals surface area contributed by atoms with Crippen LogP contribution in [-0.2, 0) is 20.9 Å². The molecule has 0 aliphatic carbocycles. The Morgan fingerprint density at radius 2 is 1.87 bits per heavy atom. The first-order valence-corrected chi connectivity index (χ1v) is 9.88. The van der Waals surface area contributed by atoms with Gasteiger partial charge in [0.15, 0.2) is 0 Å². The number of fused-ring (bicyclic) bond motifs is 1. The maximum absolute atomic E-state index is 12.6. The van der Waals surface area contributed by atoms with Crippen molar-refractivity contribution in [2.45, 2.75) is 13.0 Å². The molecule has 7 heteroatoms. The lowest BCUT2D eigenvalue weighted by atomic mass is 10.1. The lowest BCUT2D eigenvalue weighted by molar-refractivity contribution is -0.126. The van der Waals surface area contributed by atoms with Gasteiger partial charge in [-0.3, -0.25) is 9.59 Å². The van der Waals surface area contributed by atoms with Crippen LogP contribution in [0.5, 0.6) is 0 Å². The molecule has 1 unspecified atom stereocenters. The smallest absolute Gasteiger partial charge is 0.339 e. The van der Waals surface area contributed by atoms with Crippen LogP contribution in [-0.4, -0.2) is 42.6 Å². The first kappa shape index (κ1) is 19.7. The number of nitrogens with one attached hydrogen (secondary N) is 1. The van der Waals surface area contributed by atoms with Gasteiger partial charge in [-0.05, 0) is 29.7 Å². The van der Waals surface area contributed by atoms with Crippen LogP contribution in [0, 0.1) is 5.92 Å². The van der Waals surface area contributed by atoms with Gasteiger partial charge in [-0.25, -0.2) is 4.79 Å². The molecule has 0 saturated carbocycles. The van der Waals surface area contributed by atoms with E-state index in [1.165, 1.54) is 12.0 Å². The van der Waals surface area contributed by atoms with Crippen molar-refractivity contribution >= 4 is 34.4 Å². The Morgan fingerprint density at radius 1 is 1.10 bits per heavy atom. The van der Waals surface area contributed by atoms with Gasteiger partial charge in [0.25, 0.3) is 0 Å². The van der Waals surface area contributed by atoms with Gasteiger partial charge in [0.2, 0.25) is 11.8 Å². The van der Waals surface area contributed by atoms with Gasteiger partial charge in [0, 0.05) is 37.8 Å². The Hall–Kier alpha value is -3.61. The highest BCUT2D eigenvalue weighted by Gasteiger charge is 2.36. The van der Waals surface area contributed by atoms with Gasteiger partial charge < -0.3 is 19.5 Å². The fourth-order valence-corrected chi connectivity index (χ4v) is 3.89. The molecule has 0 bridgehead atoms. The number of ether oxygens (including phenoxy) is 1. The van der Waals surface area contributed by atoms with E-state index < -0.39 is 11.9 Å². The summed E-state index contributed by atoms with van der Waals surface area (Å²) in [5, 5.41) is 4.10. The summed E-state index contributed by atoms with van der Waals surface area (Å²) in [7, 11) is 1.30. The fraction of sp³-hybridized carbons (Fsp3) is 0.261. The van der Waals surface area contributed by atoms with Crippen LogP contribution >= 0.6 is 0 Å². The SMILES string of the molecule is COC(=O)c1ccccc1N1CC(C(=O)NCCn2ccc3ccccc32)CC1=O. The third kappa shape index (κ3) is 3.78. The first-order chi connectivity index (χ1) is 14.6. The Bertz CT molecular complexity index is 1100. The lowest BCUT2D eigenvalue weighted by Crippen LogP contribution is -2.35. The van der Waals surface area contributed by atoms with E-state index in [1.807, 2.05) is 30.5 Å². The van der Waals surface area contributed by atoms with Crippen LogP contribution in [0.1, 0.15) is 16.8 Å². The van der Waals surface area contributed by atoms with Crippen LogP contribution in [0.2, 0.25) is 0 Å². The van der Waals surface area contributed by atoms with Gasteiger partial charge in [-0.1, -0.05) is 30.3 Å². The molecule has 154 valence electrons. The van der Waals surface area contributed by atoms with Gasteiger partial charge >= 0.3 is 5.97 Å². The number of aromatic nitrogens is 1. The van der Waals surface area contributed by atoms with Crippen LogP contribution in [0.4, 0.5) is 5.69 Å². The second-order valence-electron chi connectivity index (χ2n) is 7.27. The average Bonchev–Trinajstić information content (AvgIpc) is 3.37. The maximum Gasteiger partial charge on any atom is 0.339 e. The monoisotopic (exact) mass is 405 g/mol. The number of carbonyl (C=O) groups is 3. The molecule has 7 nitrogen and oxygen atoms in total. The van der Waals surface area contributed by atoms with E-state index >= 15 is 0 Å². The van der Waals surface area contributed by atoms with Crippen molar-refractivity contribution in [1.29, 1.82) is 0 Å². The normalized spacial score (nSPS) is 16.1. The van der Waals surface area contributed by atoms with Gasteiger partial charge in [-0.15, -0.1) is 0 Å². The largest absolute Gasteiger partial charge is 0.465 e. The van der Waals surface area contributed by atoms with Gasteiger partial charge in [-0.2, -0.15) is 0 Å². The van der Waals surface area contributed by atoms with Crippen molar-refractivity contribution in [3.8, 4) is 0 Å². The molecule has 1 aliphatic rings. The molecule has 0 spiro atoms. The molecule has 30 heavy (non-hydrogen) atoms. The highest BCUT2D eigenvalue weighted by Crippen LogP contribution is 2.28. The molecule has 2 aromatic carbocycles. The molecule has 1 N–H and O–H groups in total. The summed E-state index contributed by atoms with van der Waals surface area (Å²) in [4.78, 5) is 38.7. The van der Waals surface area contributed by atoms with Crippen molar-refractivity contribution < 1.29 is 19.1 Å². The summed E-state index contributed by atoms with van der Waals surface area (Å²) in [5.41, 5.74) is 1.91. The van der Waals surface area contributed by atoms with Crippen LogP contribution in [0.25, 0.3) is 10.9 Å². The van der Waals surface area contributed by atoms with E-state index in [4.69, 9.17) is 4.74 Å². The minimum absolute atomic E-state index is 0.119. The maximum atomic E-state index is 12.6. The third-order valence-electron chi connectivity index (χ3n) is 5.43. The number of carbonyl (C=O) groups excluding carboxylic acids is 3. The molecule has 1 fully saturated rings. The van der Waals surface area contributed by atoms with Gasteiger partial charge in [0.1, 0.15) is 0 Å². The van der Waals surface area contributed by atoms with E-state index in [9.17, 15) is 14.4 Å². The zero-order chi connectivity index (χ0) is 21.1. The summed E-state index contributed by atoms with van der Waals surface area (Å²) >= 11 is 0. The lowest BCUT2D eigenvalue weighted by Gasteiger charge is -2.19. The number of para-hydroxylation sites is 2. The quantitative estimate of drug-likeness (QED) is 0.640. The molecule has 2 amide bonds. The van der Waals surface area contributed by atoms with Crippen molar-refractivity contribution in [1.82, 2.24) is 9.88 Å². The molecule has 2 heterocycles. The average molecular weight is 405 g/mol. The van der Waals surface area contributed by atoms with Crippen LogP contribution in [0.3, 0.4) is 0 Å². The van der Waals surface area contributed by atoms with Crippen molar-refractivity contribution in [3.63, 3.8) is 0 Å². The number of anilines is 1. The van der Waals surface area contributed by atoms with E-state index in [-0.39, 0.29) is 24.8 Å². The van der Waals surface area contributed by atoms with Crippen molar-refractivity contribution in [2.24, 2.45) is 5.92 Å². The Kier molecular flexibility index (Phi) is 5.52. The first-order valence-electron chi connectivity index (χ1n) is 9.88. The third-order valence-corrected chi connectivity index (χ3v) is 5.43. The summed E-state index contributed by atoms with van der Waals surface area (Å²) in [6.07, 6.45) is 2.12. The van der Waals surface area contributed by atoms with E-state index in [0.29, 0.717) is 24.3 Å². The zero-order valence-electron chi connectivity index (χ0n) is 16.7. The Morgan fingerprint density at radius 3 is 2.70 bits per heavy atom. The molecule has 1 aliphatic heterocycles. The second-order valence-corrected chi connectivity index (χ2v) is 7.27. The number of rotatable bonds is 6. The number of hydrogen-bond acceptors (Lipinski definition) is 4. The number of methoxy groups -OCH3 is 1. The highest BCUT2D eigenvalue weighted by atomic mass is 16.5. The molecule has 3 aromatic rings. The molecular weight excluding hydrogens is 382 g/mol. The van der Waals surface area contributed by atoms with E-state index in [2.05, 4.69) is 16.0 Å².